The average Bonchev–Trinajstić information content (AvgIpc) is 2.89. The number of benzene rings is 2. The smallest absolute Gasteiger partial charge is 0.340 e. The van der Waals surface area contributed by atoms with E-state index in [0.717, 1.165) is 0 Å². The Hall–Kier alpha value is -3.93. The van der Waals surface area contributed by atoms with Gasteiger partial charge in [-0.15, -0.1) is 0 Å². The summed E-state index contributed by atoms with van der Waals surface area (Å²) in [6, 6.07) is 12.4. The fourth-order valence-electron chi connectivity index (χ4n) is 4.10. The van der Waals surface area contributed by atoms with E-state index in [-0.39, 0.29) is 17.9 Å². The highest BCUT2D eigenvalue weighted by atomic mass is 16.8. The SMILES string of the molecule is C=CCOc1ccc(C(=O)O[C@@H]2O[C@@H]3CO[C@@H](c4ccc(O)cc4)O[C@H]3[C@H](OC(C)=O)[C@H]2OC(C)=O)cc1. The molecule has 0 unspecified atom stereocenters. The van der Waals surface area contributed by atoms with Crippen LogP contribution in [-0.2, 0) is 38.0 Å². The summed E-state index contributed by atoms with van der Waals surface area (Å²) in [6.07, 6.45) is -4.96. The molecule has 2 aliphatic heterocycles. The zero-order chi connectivity index (χ0) is 27.2. The van der Waals surface area contributed by atoms with Crippen molar-refractivity contribution in [1.82, 2.24) is 0 Å². The zero-order valence-corrected chi connectivity index (χ0v) is 20.8. The summed E-state index contributed by atoms with van der Waals surface area (Å²) in [5, 5.41) is 9.57. The third kappa shape index (κ3) is 6.49. The largest absolute Gasteiger partial charge is 0.508 e. The summed E-state index contributed by atoms with van der Waals surface area (Å²) in [5.41, 5.74) is 0.789. The highest BCUT2D eigenvalue weighted by Crippen LogP contribution is 2.37. The topological polar surface area (TPSA) is 136 Å². The van der Waals surface area contributed by atoms with E-state index in [2.05, 4.69) is 6.58 Å². The van der Waals surface area contributed by atoms with E-state index < -0.39 is 54.9 Å². The van der Waals surface area contributed by atoms with Crippen LogP contribution in [0.5, 0.6) is 11.5 Å². The van der Waals surface area contributed by atoms with Crippen molar-refractivity contribution in [2.75, 3.05) is 13.2 Å². The lowest BCUT2D eigenvalue weighted by Gasteiger charge is -2.47. The maximum absolute atomic E-state index is 12.9. The molecule has 2 saturated heterocycles. The first-order valence-corrected chi connectivity index (χ1v) is 11.9. The number of phenolic OH excluding ortho intramolecular Hbond substituents is 1. The maximum Gasteiger partial charge on any atom is 0.340 e. The van der Waals surface area contributed by atoms with Crippen molar-refractivity contribution in [3.8, 4) is 11.5 Å². The highest BCUT2D eigenvalue weighted by molar-refractivity contribution is 5.89. The molecule has 0 spiro atoms. The van der Waals surface area contributed by atoms with Crippen LogP contribution >= 0.6 is 0 Å². The molecule has 0 amide bonds. The van der Waals surface area contributed by atoms with E-state index in [1.807, 2.05) is 0 Å². The van der Waals surface area contributed by atoms with Gasteiger partial charge in [-0.3, -0.25) is 9.59 Å². The van der Waals surface area contributed by atoms with Crippen LogP contribution in [0.4, 0.5) is 0 Å². The van der Waals surface area contributed by atoms with Gasteiger partial charge in [-0.05, 0) is 36.4 Å². The molecule has 2 fully saturated rings. The number of rotatable bonds is 8. The molecule has 11 heteroatoms. The molecular formula is C27H28O11. The minimum Gasteiger partial charge on any atom is -0.508 e. The summed E-state index contributed by atoms with van der Waals surface area (Å²) < 4.78 is 39.7. The molecule has 11 nitrogen and oxygen atoms in total. The summed E-state index contributed by atoms with van der Waals surface area (Å²) in [7, 11) is 0. The third-order valence-corrected chi connectivity index (χ3v) is 5.73. The minimum atomic E-state index is -1.42. The van der Waals surface area contributed by atoms with E-state index in [9.17, 15) is 19.5 Å². The number of aromatic hydroxyl groups is 1. The van der Waals surface area contributed by atoms with Gasteiger partial charge in [0, 0.05) is 19.4 Å². The molecule has 1 N–H and O–H groups in total. The molecule has 4 rings (SSSR count). The van der Waals surface area contributed by atoms with Crippen molar-refractivity contribution in [1.29, 1.82) is 0 Å². The van der Waals surface area contributed by atoms with E-state index in [0.29, 0.717) is 17.9 Å². The highest BCUT2D eigenvalue weighted by Gasteiger charge is 2.54. The molecule has 2 aromatic rings. The summed E-state index contributed by atoms with van der Waals surface area (Å²) >= 11 is 0. The molecule has 6 atom stereocenters. The van der Waals surface area contributed by atoms with Crippen molar-refractivity contribution in [3.05, 3.63) is 72.3 Å². The van der Waals surface area contributed by atoms with Gasteiger partial charge >= 0.3 is 17.9 Å². The number of hydrogen-bond donors (Lipinski definition) is 1. The van der Waals surface area contributed by atoms with Crippen LogP contribution in [0.15, 0.2) is 61.2 Å². The number of ether oxygens (including phenoxy) is 7. The average molecular weight is 529 g/mol. The van der Waals surface area contributed by atoms with Crippen LogP contribution < -0.4 is 4.74 Å². The van der Waals surface area contributed by atoms with Gasteiger partial charge in [0.1, 0.15) is 30.3 Å². The van der Waals surface area contributed by atoms with Gasteiger partial charge in [-0.2, -0.15) is 0 Å². The maximum atomic E-state index is 12.9. The zero-order valence-electron chi connectivity index (χ0n) is 20.8. The van der Waals surface area contributed by atoms with E-state index >= 15 is 0 Å². The lowest BCUT2D eigenvalue weighted by atomic mass is 9.97. The Morgan fingerprint density at radius 1 is 0.947 bits per heavy atom. The predicted molar refractivity (Wildman–Crippen MR) is 129 cm³/mol. The predicted octanol–water partition coefficient (Wildman–Crippen LogP) is 2.82. The molecule has 202 valence electrons. The van der Waals surface area contributed by atoms with Crippen molar-refractivity contribution >= 4 is 17.9 Å². The van der Waals surface area contributed by atoms with Gasteiger partial charge in [-0.25, -0.2) is 4.79 Å². The van der Waals surface area contributed by atoms with Crippen molar-refractivity contribution < 1.29 is 52.6 Å². The first-order valence-electron chi connectivity index (χ1n) is 11.9. The Balaban J connectivity index is 1.55. The van der Waals surface area contributed by atoms with E-state index in [1.165, 1.54) is 38.1 Å². The number of carbonyl (C=O) groups excluding carboxylic acids is 3. The molecule has 0 saturated carbocycles. The first-order chi connectivity index (χ1) is 18.2. The Kier molecular flexibility index (Phi) is 8.62. The van der Waals surface area contributed by atoms with Gasteiger partial charge < -0.3 is 38.3 Å². The third-order valence-electron chi connectivity index (χ3n) is 5.73. The molecule has 0 bridgehead atoms. The molecule has 0 aliphatic carbocycles. The van der Waals surface area contributed by atoms with Crippen LogP contribution in [0, 0.1) is 0 Å². The molecule has 2 aromatic carbocycles. The number of fused-ring (bicyclic) bond motifs is 1. The number of phenols is 1. The molecular weight excluding hydrogens is 500 g/mol. The number of hydrogen-bond acceptors (Lipinski definition) is 11. The van der Waals surface area contributed by atoms with Gasteiger partial charge in [-0.1, -0.05) is 24.8 Å². The second-order valence-corrected chi connectivity index (χ2v) is 8.58. The normalized spacial score (nSPS) is 26.4. The monoisotopic (exact) mass is 528 g/mol. The van der Waals surface area contributed by atoms with E-state index in [4.69, 9.17) is 33.2 Å². The minimum absolute atomic E-state index is 0.00977. The van der Waals surface area contributed by atoms with Crippen LogP contribution in [0.3, 0.4) is 0 Å². The van der Waals surface area contributed by atoms with Crippen LogP contribution in [0.2, 0.25) is 0 Å². The quantitative estimate of drug-likeness (QED) is 0.308. The fourth-order valence-corrected chi connectivity index (χ4v) is 4.10. The number of esters is 3. The van der Waals surface area contributed by atoms with Gasteiger partial charge in [0.25, 0.3) is 0 Å². The summed E-state index contributed by atoms with van der Waals surface area (Å²) in [4.78, 5) is 36.9. The molecule has 2 heterocycles. The lowest BCUT2D eigenvalue weighted by Crippen LogP contribution is -2.64. The Bertz CT molecular complexity index is 1140. The molecule has 2 aliphatic rings. The summed E-state index contributed by atoms with van der Waals surface area (Å²) in [6.45, 7) is 6.25. The number of carbonyl (C=O) groups is 3. The Morgan fingerprint density at radius 2 is 1.61 bits per heavy atom. The van der Waals surface area contributed by atoms with Gasteiger partial charge in [0.05, 0.1) is 12.2 Å². The molecule has 0 aromatic heterocycles. The second-order valence-electron chi connectivity index (χ2n) is 8.58. The second kappa shape index (κ2) is 12.1. The van der Waals surface area contributed by atoms with Gasteiger partial charge in [0.2, 0.25) is 12.4 Å². The molecule has 0 radical (unpaired) electrons. The van der Waals surface area contributed by atoms with E-state index in [1.54, 1.807) is 30.3 Å². The lowest BCUT2D eigenvalue weighted by molar-refractivity contribution is -0.354. The van der Waals surface area contributed by atoms with Crippen molar-refractivity contribution in [3.63, 3.8) is 0 Å². The molecule has 38 heavy (non-hydrogen) atoms. The van der Waals surface area contributed by atoms with Crippen molar-refractivity contribution in [2.45, 2.75) is 50.8 Å². The van der Waals surface area contributed by atoms with Gasteiger partial charge in [0.15, 0.2) is 12.4 Å². The fraction of sp³-hybridized carbons (Fsp3) is 0.370. The van der Waals surface area contributed by atoms with Crippen LogP contribution in [0.25, 0.3) is 0 Å². The Labute approximate surface area is 218 Å². The first kappa shape index (κ1) is 27.1. The van der Waals surface area contributed by atoms with Crippen LogP contribution in [-0.4, -0.2) is 66.9 Å². The van der Waals surface area contributed by atoms with Crippen molar-refractivity contribution in [2.24, 2.45) is 0 Å². The standard InChI is InChI=1S/C27H28O11/c1-4-13-32-20-11-7-17(8-12-20)25(31)38-27-24(35-16(3)29)23(34-15(2)28)22-21(36-27)14-33-26(37-22)18-5-9-19(30)10-6-18/h4-12,21-24,26-27,30H,1,13-14H2,2-3H3/t21-,22-,23+,24-,26-,27+/m1/s1. The summed E-state index contributed by atoms with van der Waals surface area (Å²) in [5.74, 6) is -1.53. The Morgan fingerprint density at radius 3 is 2.24 bits per heavy atom. The van der Waals surface area contributed by atoms with Crippen LogP contribution in [0.1, 0.15) is 36.1 Å².